The molecule has 2 unspecified atom stereocenters. The summed E-state index contributed by atoms with van der Waals surface area (Å²) in [4.78, 5) is 11.5. The van der Waals surface area contributed by atoms with Crippen LogP contribution in [0.15, 0.2) is 0 Å². The molecule has 0 aromatic carbocycles. The summed E-state index contributed by atoms with van der Waals surface area (Å²) in [6.45, 7) is 4.69. The van der Waals surface area contributed by atoms with E-state index in [1.165, 1.54) is 0 Å². The second-order valence-corrected chi connectivity index (χ2v) is 4.73. The van der Waals surface area contributed by atoms with Crippen LogP contribution in [0.5, 0.6) is 0 Å². The molecule has 16 heavy (non-hydrogen) atoms. The molecule has 0 radical (unpaired) electrons. The standard InChI is InChI=1S/C11H21NO4/c1-11(2,15-3)4-5-16-10(14)9-6-8(13)7-12-9/h8-9,12-13H,4-7H2,1-3H3. The maximum atomic E-state index is 11.5. The molecule has 5 nitrogen and oxygen atoms in total. The average Bonchev–Trinajstić information content (AvgIpc) is 2.64. The van der Waals surface area contributed by atoms with E-state index < -0.39 is 6.10 Å². The number of aliphatic hydroxyl groups is 1. The number of β-amino-alcohol motifs (C(OH)–C–C–N with tert-alkyl or cyclic N) is 1. The van der Waals surface area contributed by atoms with Crippen molar-refractivity contribution in [1.82, 2.24) is 5.32 Å². The molecular weight excluding hydrogens is 210 g/mol. The highest BCUT2D eigenvalue weighted by Crippen LogP contribution is 2.13. The molecule has 0 bridgehead atoms. The summed E-state index contributed by atoms with van der Waals surface area (Å²) in [7, 11) is 1.64. The quantitative estimate of drug-likeness (QED) is 0.655. The van der Waals surface area contributed by atoms with Crippen LogP contribution in [0.25, 0.3) is 0 Å². The van der Waals surface area contributed by atoms with Gasteiger partial charge in [-0.25, -0.2) is 0 Å². The second kappa shape index (κ2) is 5.61. The van der Waals surface area contributed by atoms with Crippen molar-refractivity contribution in [2.45, 2.75) is 44.4 Å². The monoisotopic (exact) mass is 231 g/mol. The first-order valence-corrected chi connectivity index (χ1v) is 5.58. The summed E-state index contributed by atoms with van der Waals surface area (Å²) in [5.74, 6) is -0.288. The van der Waals surface area contributed by atoms with Crippen molar-refractivity contribution in [2.75, 3.05) is 20.3 Å². The lowest BCUT2D eigenvalue weighted by atomic mass is 10.1. The van der Waals surface area contributed by atoms with Gasteiger partial charge in [0.15, 0.2) is 0 Å². The highest BCUT2D eigenvalue weighted by Gasteiger charge is 2.29. The molecule has 0 aromatic heterocycles. The van der Waals surface area contributed by atoms with Gasteiger partial charge in [-0.3, -0.25) is 4.79 Å². The molecule has 1 saturated heterocycles. The number of rotatable bonds is 5. The molecule has 1 aliphatic rings. The van der Waals surface area contributed by atoms with Crippen molar-refractivity contribution < 1.29 is 19.4 Å². The fourth-order valence-electron chi connectivity index (χ4n) is 1.50. The van der Waals surface area contributed by atoms with Crippen LogP contribution in [-0.4, -0.2) is 49.1 Å². The lowest BCUT2D eigenvalue weighted by Gasteiger charge is -2.22. The third-order valence-corrected chi connectivity index (χ3v) is 2.89. The third-order valence-electron chi connectivity index (χ3n) is 2.89. The Balaban J connectivity index is 2.20. The zero-order chi connectivity index (χ0) is 12.2. The number of hydrogen-bond donors (Lipinski definition) is 2. The smallest absolute Gasteiger partial charge is 0.323 e. The Morgan fingerprint density at radius 3 is 2.75 bits per heavy atom. The topological polar surface area (TPSA) is 67.8 Å². The van der Waals surface area contributed by atoms with Crippen LogP contribution in [0.1, 0.15) is 26.7 Å². The molecule has 1 rings (SSSR count). The minimum atomic E-state index is -0.437. The number of nitrogens with one attached hydrogen (secondary N) is 1. The van der Waals surface area contributed by atoms with Gasteiger partial charge in [0, 0.05) is 26.5 Å². The molecule has 1 heterocycles. The highest BCUT2D eigenvalue weighted by molar-refractivity contribution is 5.76. The number of carbonyl (C=O) groups excluding carboxylic acids is 1. The maximum absolute atomic E-state index is 11.5. The number of ether oxygens (including phenoxy) is 2. The number of aliphatic hydroxyl groups excluding tert-OH is 1. The van der Waals surface area contributed by atoms with Crippen LogP contribution >= 0.6 is 0 Å². The van der Waals surface area contributed by atoms with Gasteiger partial charge in [0.05, 0.1) is 18.3 Å². The van der Waals surface area contributed by atoms with Crippen LogP contribution in [0.2, 0.25) is 0 Å². The number of carbonyl (C=O) groups is 1. The summed E-state index contributed by atoms with van der Waals surface area (Å²) >= 11 is 0. The Labute approximate surface area is 96.1 Å². The van der Waals surface area contributed by atoms with Crippen molar-refractivity contribution >= 4 is 5.97 Å². The zero-order valence-corrected chi connectivity index (χ0v) is 10.2. The lowest BCUT2D eigenvalue weighted by Crippen LogP contribution is -2.34. The predicted molar refractivity (Wildman–Crippen MR) is 59.1 cm³/mol. The van der Waals surface area contributed by atoms with Crippen LogP contribution in [0.4, 0.5) is 0 Å². The molecule has 0 amide bonds. The zero-order valence-electron chi connectivity index (χ0n) is 10.2. The van der Waals surface area contributed by atoms with E-state index in [-0.39, 0.29) is 17.6 Å². The molecule has 1 fully saturated rings. The minimum absolute atomic E-state index is 0.275. The Hall–Kier alpha value is -0.650. The summed E-state index contributed by atoms with van der Waals surface area (Å²) in [6, 6.07) is -0.361. The molecule has 0 spiro atoms. The van der Waals surface area contributed by atoms with E-state index in [0.717, 1.165) is 0 Å². The Morgan fingerprint density at radius 2 is 2.25 bits per heavy atom. The van der Waals surface area contributed by atoms with Crippen molar-refractivity contribution in [3.8, 4) is 0 Å². The molecule has 2 atom stereocenters. The minimum Gasteiger partial charge on any atom is -0.464 e. The number of hydrogen-bond acceptors (Lipinski definition) is 5. The summed E-state index contributed by atoms with van der Waals surface area (Å²) in [6.07, 6.45) is 0.657. The van der Waals surface area contributed by atoms with E-state index >= 15 is 0 Å². The molecule has 5 heteroatoms. The highest BCUT2D eigenvalue weighted by atomic mass is 16.5. The Kier molecular flexibility index (Phi) is 4.70. The molecule has 94 valence electrons. The van der Waals surface area contributed by atoms with Gasteiger partial charge in [0.1, 0.15) is 6.04 Å². The number of methoxy groups -OCH3 is 1. The van der Waals surface area contributed by atoms with Crippen LogP contribution in [-0.2, 0) is 14.3 Å². The SMILES string of the molecule is COC(C)(C)CCOC(=O)C1CC(O)CN1. The lowest BCUT2D eigenvalue weighted by molar-refractivity contribution is -0.147. The Morgan fingerprint density at radius 1 is 1.56 bits per heavy atom. The van der Waals surface area contributed by atoms with Crippen LogP contribution < -0.4 is 5.32 Å². The fraction of sp³-hybridized carbons (Fsp3) is 0.909. The van der Waals surface area contributed by atoms with Crippen molar-refractivity contribution in [3.63, 3.8) is 0 Å². The molecular formula is C11H21NO4. The summed E-state index contributed by atoms with van der Waals surface area (Å²) in [5.41, 5.74) is -0.275. The van der Waals surface area contributed by atoms with Crippen LogP contribution in [0.3, 0.4) is 0 Å². The largest absolute Gasteiger partial charge is 0.464 e. The van der Waals surface area contributed by atoms with Crippen molar-refractivity contribution in [3.05, 3.63) is 0 Å². The van der Waals surface area contributed by atoms with E-state index in [0.29, 0.717) is 26.0 Å². The first-order valence-electron chi connectivity index (χ1n) is 5.58. The normalized spacial score (nSPS) is 25.8. The van der Waals surface area contributed by atoms with E-state index in [2.05, 4.69) is 5.32 Å². The second-order valence-electron chi connectivity index (χ2n) is 4.73. The van der Waals surface area contributed by atoms with Gasteiger partial charge in [-0.2, -0.15) is 0 Å². The maximum Gasteiger partial charge on any atom is 0.323 e. The molecule has 1 aliphatic heterocycles. The average molecular weight is 231 g/mol. The molecule has 2 N–H and O–H groups in total. The van der Waals surface area contributed by atoms with E-state index in [1.807, 2.05) is 13.8 Å². The predicted octanol–water partition coefficient (Wildman–Crippen LogP) is 0.0675. The fourth-order valence-corrected chi connectivity index (χ4v) is 1.50. The van der Waals surface area contributed by atoms with E-state index in [1.54, 1.807) is 7.11 Å². The van der Waals surface area contributed by atoms with E-state index in [9.17, 15) is 9.90 Å². The van der Waals surface area contributed by atoms with Crippen molar-refractivity contribution in [2.24, 2.45) is 0 Å². The summed E-state index contributed by atoms with van der Waals surface area (Å²) < 4.78 is 10.3. The van der Waals surface area contributed by atoms with Gasteiger partial charge in [0.2, 0.25) is 0 Å². The van der Waals surface area contributed by atoms with Crippen LogP contribution in [0, 0.1) is 0 Å². The molecule has 0 saturated carbocycles. The molecule has 0 aromatic rings. The Bertz CT molecular complexity index is 242. The summed E-state index contributed by atoms with van der Waals surface area (Å²) in [5, 5.41) is 12.2. The first kappa shape index (κ1) is 13.4. The molecule has 0 aliphatic carbocycles. The third kappa shape index (κ3) is 4.08. The van der Waals surface area contributed by atoms with Gasteiger partial charge in [-0.05, 0) is 13.8 Å². The van der Waals surface area contributed by atoms with Gasteiger partial charge in [-0.15, -0.1) is 0 Å². The van der Waals surface area contributed by atoms with E-state index in [4.69, 9.17) is 9.47 Å². The first-order chi connectivity index (χ1) is 7.44. The van der Waals surface area contributed by atoms with Crippen molar-refractivity contribution in [1.29, 1.82) is 0 Å². The van der Waals surface area contributed by atoms with Gasteiger partial charge >= 0.3 is 5.97 Å². The van der Waals surface area contributed by atoms with Gasteiger partial charge in [-0.1, -0.05) is 0 Å². The van der Waals surface area contributed by atoms with Gasteiger partial charge in [0.25, 0.3) is 0 Å². The number of esters is 1. The van der Waals surface area contributed by atoms with Gasteiger partial charge < -0.3 is 19.9 Å².